The maximum Gasteiger partial charge on any atom is 0.212 e. The lowest BCUT2D eigenvalue weighted by atomic mass is 10.1. The summed E-state index contributed by atoms with van der Waals surface area (Å²) in [5.41, 5.74) is 2.00. The van der Waals surface area contributed by atoms with E-state index in [1.807, 2.05) is 40.4 Å². The van der Waals surface area contributed by atoms with Crippen molar-refractivity contribution in [2.45, 2.75) is 5.16 Å². The smallest absolute Gasteiger partial charge is 0.212 e. The summed E-state index contributed by atoms with van der Waals surface area (Å²) in [7, 11) is 0. The largest absolute Gasteiger partial charge is 0.486 e. The number of benzene rings is 1. The lowest BCUT2D eigenvalue weighted by Gasteiger charge is -2.20. The van der Waals surface area contributed by atoms with Gasteiger partial charge in [0, 0.05) is 11.3 Å². The van der Waals surface area contributed by atoms with Gasteiger partial charge in [-0.1, -0.05) is 17.8 Å². The average Bonchev–Trinajstić information content (AvgIpc) is 3.30. The zero-order valence-corrected chi connectivity index (χ0v) is 14.1. The molecule has 0 saturated carbocycles. The highest BCUT2D eigenvalue weighted by molar-refractivity contribution is 7.99. The van der Waals surface area contributed by atoms with E-state index in [2.05, 4.69) is 10.2 Å². The predicted molar refractivity (Wildman–Crippen MR) is 93.4 cm³/mol. The Morgan fingerprint density at radius 2 is 1.96 bits per heavy atom. The van der Waals surface area contributed by atoms with E-state index in [-0.39, 0.29) is 0 Å². The van der Waals surface area contributed by atoms with Crippen molar-refractivity contribution in [2.24, 2.45) is 5.10 Å². The van der Waals surface area contributed by atoms with Crippen molar-refractivity contribution in [3.05, 3.63) is 41.3 Å². The lowest BCUT2D eigenvalue weighted by Crippen LogP contribution is -2.17. The highest BCUT2D eigenvalue weighted by atomic mass is 32.2. The van der Waals surface area contributed by atoms with Crippen LogP contribution in [0.25, 0.3) is 10.7 Å². The Kier molecular flexibility index (Phi) is 3.30. The SMILES string of the molecule is c1csc(-c2nnc3n2N=C(c2ccc4c(c2)OCCO4)CS3)c1. The first-order valence-electron chi connectivity index (χ1n) is 7.48. The second-order valence-corrected chi connectivity index (χ2v) is 7.18. The van der Waals surface area contributed by atoms with Gasteiger partial charge in [-0.2, -0.15) is 9.78 Å². The van der Waals surface area contributed by atoms with Crippen LogP contribution in [-0.2, 0) is 0 Å². The first-order chi connectivity index (χ1) is 11.9. The van der Waals surface area contributed by atoms with Gasteiger partial charge in [0.1, 0.15) is 13.2 Å². The number of thioether (sulfide) groups is 1. The maximum absolute atomic E-state index is 5.68. The molecule has 0 saturated heterocycles. The normalized spacial score (nSPS) is 15.8. The Balaban J connectivity index is 1.57. The Hall–Kier alpha value is -2.32. The molecule has 0 aliphatic carbocycles. The van der Waals surface area contributed by atoms with Gasteiger partial charge in [-0.05, 0) is 29.6 Å². The summed E-state index contributed by atoms with van der Waals surface area (Å²) < 4.78 is 13.1. The van der Waals surface area contributed by atoms with Crippen LogP contribution in [-0.4, -0.2) is 39.6 Å². The van der Waals surface area contributed by atoms with Gasteiger partial charge in [-0.3, -0.25) is 0 Å². The van der Waals surface area contributed by atoms with Crippen molar-refractivity contribution in [1.82, 2.24) is 14.9 Å². The first kappa shape index (κ1) is 14.1. The third-order valence-electron chi connectivity index (χ3n) is 3.79. The van der Waals surface area contributed by atoms with Crippen LogP contribution >= 0.6 is 23.1 Å². The van der Waals surface area contributed by atoms with Gasteiger partial charge < -0.3 is 9.47 Å². The molecule has 5 rings (SSSR count). The molecular weight excluding hydrogens is 344 g/mol. The lowest BCUT2D eigenvalue weighted by molar-refractivity contribution is 0.171. The molecule has 1 aromatic carbocycles. The predicted octanol–water partition coefficient (Wildman–Crippen LogP) is 3.14. The molecule has 0 unspecified atom stereocenters. The van der Waals surface area contributed by atoms with E-state index in [1.165, 1.54) is 0 Å². The molecule has 0 bridgehead atoms. The fraction of sp³-hybridized carbons (Fsp3) is 0.188. The van der Waals surface area contributed by atoms with Gasteiger partial charge in [-0.15, -0.1) is 21.5 Å². The van der Waals surface area contributed by atoms with Crippen LogP contribution in [0.5, 0.6) is 11.5 Å². The van der Waals surface area contributed by atoms with E-state index in [4.69, 9.17) is 14.6 Å². The molecule has 120 valence electrons. The highest BCUT2D eigenvalue weighted by Gasteiger charge is 2.22. The minimum atomic E-state index is 0.579. The second-order valence-electron chi connectivity index (χ2n) is 5.29. The van der Waals surface area contributed by atoms with Crippen LogP contribution in [0.3, 0.4) is 0 Å². The minimum absolute atomic E-state index is 0.579. The van der Waals surface area contributed by atoms with E-state index in [0.29, 0.717) is 13.2 Å². The van der Waals surface area contributed by atoms with E-state index in [0.717, 1.165) is 44.4 Å². The standard InChI is InChI=1S/C16H12N4O2S2/c1-2-14(23-7-1)15-17-18-16-20(15)19-11(9-24-16)10-3-4-12-13(8-10)22-6-5-21-12/h1-4,7-8H,5-6,9H2. The average molecular weight is 356 g/mol. The number of fused-ring (bicyclic) bond motifs is 2. The third-order valence-corrected chi connectivity index (χ3v) is 5.58. The molecule has 0 amide bonds. The summed E-state index contributed by atoms with van der Waals surface area (Å²) in [4.78, 5) is 1.06. The van der Waals surface area contributed by atoms with Gasteiger partial charge in [0.05, 0.1) is 10.6 Å². The third kappa shape index (κ3) is 2.30. The van der Waals surface area contributed by atoms with E-state index in [9.17, 15) is 0 Å². The number of thiophene rings is 1. The number of nitrogens with zero attached hydrogens (tertiary/aromatic N) is 4. The zero-order chi connectivity index (χ0) is 15.9. The van der Waals surface area contributed by atoms with Crippen molar-refractivity contribution in [3.8, 4) is 22.2 Å². The Morgan fingerprint density at radius 3 is 2.83 bits per heavy atom. The molecule has 2 aromatic heterocycles. The topological polar surface area (TPSA) is 61.5 Å². The molecule has 2 aliphatic rings. The van der Waals surface area contributed by atoms with Gasteiger partial charge in [0.25, 0.3) is 0 Å². The molecule has 3 aromatic rings. The molecule has 4 heterocycles. The maximum atomic E-state index is 5.68. The summed E-state index contributed by atoms with van der Waals surface area (Å²) in [6.45, 7) is 1.17. The summed E-state index contributed by atoms with van der Waals surface area (Å²) >= 11 is 3.27. The summed E-state index contributed by atoms with van der Waals surface area (Å²) in [5, 5.41) is 16.2. The number of ether oxygens (including phenoxy) is 2. The monoisotopic (exact) mass is 356 g/mol. The van der Waals surface area contributed by atoms with Crippen molar-refractivity contribution in [1.29, 1.82) is 0 Å². The quantitative estimate of drug-likeness (QED) is 0.706. The Morgan fingerprint density at radius 1 is 1.04 bits per heavy atom. The number of hydrogen-bond donors (Lipinski definition) is 0. The van der Waals surface area contributed by atoms with Crippen LogP contribution < -0.4 is 9.47 Å². The fourth-order valence-corrected chi connectivity index (χ4v) is 4.18. The Bertz CT molecular complexity index is 934. The van der Waals surface area contributed by atoms with Gasteiger partial charge in [-0.25, -0.2) is 0 Å². The molecule has 0 atom stereocenters. The van der Waals surface area contributed by atoms with Crippen LogP contribution in [0.4, 0.5) is 0 Å². The molecule has 0 radical (unpaired) electrons. The van der Waals surface area contributed by atoms with E-state index < -0.39 is 0 Å². The molecule has 24 heavy (non-hydrogen) atoms. The van der Waals surface area contributed by atoms with E-state index >= 15 is 0 Å². The van der Waals surface area contributed by atoms with Crippen LogP contribution in [0.2, 0.25) is 0 Å². The van der Waals surface area contributed by atoms with Crippen molar-refractivity contribution < 1.29 is 9.47 Å². The van der Waals surface area contributed by atoms with Gasteiger partial charge in [0.15, 0.2) is 17.3 Å². The van der Waals surface area contributed by atoms with Gasteiger partial charge in [0.2, 0.25) is 5.16 Å². The minimum Gasteiger partial charge on any atom is -0.486 e. The number of aromatic nitrogens is 3. The summed E-state index contributed by atoms with van der Waals surface area (Å²) in [6, 6.07) is 9.99. The van der Waals surface area contributed by atoms with Crippen LogP contribution in [0.15, 0.2) is 46.0 Å². The molecule has 6 nitrogen and oxygen atoms in total. The molecule has 0 spiro atoms. The number of hydrogen-bond acceptors (Lipinski definition) is 7. The zero-order valence-electron chi connectivity index (χ0n) is 12.5. The van der Waals surface area contributed by atoms with Crippen molar-refractivity contribution in [3.63, 3.8) is 0 Å². The molecule has 0 N–H and O–H groups in total. The van der Waals surface area contributed by atoms with Crippen LogP contribution in [0.1, 0.15) is 5.56 Å². The molecule has 2 aliphatic heterocycles. The van der Waals surface area contributed by atoms with Crippen molar-refractivity contribution in [2.75, 3.05) is 19.0 Å². The highest BCUT2D eigenvalue weighted by Crippen LogP contribution is 2.34. The van der Waals surface area contributed by atoms with Crippen molar-refractivity contribution >= 4 is 28.8 Å². The van der Waals surface area contributed by atoms with E-state index in [1.54, 1.807) is 23.1 Å². The fourth-order valence-electron chi connectivity index (χ4n) is 2.65. The van der Waals surface area contributed by atoms with Crippen LogP contribution in [0, 0.1) is 0 Å². The number of rotatable bonds is 2. The molecular formula is C16H12N4O2S2. The molecule has 0 fully saturated rings. The first-order valence-corrected chi connectivity index (χ1v) is 9.35. The Labute approximate surface area is 146 Å². The second kappa shape index (κ2) is 5.64. The van der Waals surface area contributed by atoms with Gasteiger partial charge >= 0.3 is 0 Å². The summed E-state index contributed by atoms with van der Waals surface area (Å²) in [5.74, 6) is 3.10. The summed E-state index contributed by atoms with van der Waals surface area (Å²) in [6.07, 6.45) is 0. The molecule has 8 heteroatoms.